The van der Waals surface area contributed by atoms with Gasteiger partial charge in [-0.1, -0.05) is 24.3 Å². The van der Waals surface area contributed by atoms with Gasteiger partial charge in [0.2, 0.25) is 0 Å². The number of amides is 1. The van der Waals surface area contributed by atoms with Crippen molar-refractivity contribution in [2.24, 2.45) is 0 Å². The molecule has 8 nitrogen and oxygen atoms in total. The van der Waals surface area contributed by atoms with E-state index in [1.54, 1.807) is 18.3 Å². The van der Waals surface area contributed by atoms with Crippen molar-refractivity contribution in [2.75, 3.05) is 6.54 Å². The van der Waals surface area contributed by atoms with E-state index in [-0.39, 0.29) is 17.7 Å². The maximum absolute atomic E-state index is 12.7. The van der Waals surface area contributed by atoms with Gasteiger partial charge in [0.05, 0.1) is 29.1 Å². The molecule has 0 saturated heterocycles. The molecule has 9 heteroatoms. The van der Waals surface area contributed by atoms with Gasteiger partial charge >= 0.3 is 0 Å². The molecule has 150 valence electrons. The Morgan fingerprint density at radius 3 is 2.73 bits per heavy atom. The summed E-state index contributed by atoms with van der Waals surface area (Å²) < 4.78 is 11.3. The Morgan fingerprint density at radius 1 is 1.13 bits per heavy atom. The van der Waals surface area contributed by atoms with Crippen LogP contribution < -0.4 is 14.8 Å². The molecule has 0 aliphatic carbocycles. The molecule has 2 aromatic carbocycles. The number of hydrogen-bond donors (Lipinski definition) is 3. The molecule has 3 heterocycles. The van der Waals surface area contributed by atoms with Gasteiger partial charge in [-0.3, -0.25) is 9.89 Å². The zero-order chi connectivity index (χ0) is 20.5. The smallest absolute Gasteiger partial charge is 0.258 e. The molecule has 2 N–H and O–H groups in total. The highest BCUT2D eigenvalue weighted by Crippen LogP contribution is 2.34. The van der Waals surface area contributed by atoms with E-state index in [1.165, 1.54) is 6.33 Å². The van der Waals surface area contributed by atoms with E-state index in [1.807, 2.05) is 36.4 Å². The van der Waals surface area contributed by atoms with E-state index in [9.17, 15) is 4.79 Å². The fraction of sp³-hybridized carbons (Fsp3) is 0.143. The van der Waals surface area contributed by atoms with Crippen LogP contribution in [0.4, 0.5) is 0 Å². The van der Waals surface area contributed by atoms with Crippen molar-refractivity contribution in [3.05, 3.63) is 77.9 Å². The Kier molecular flexibility index (Phi) is 4.72. The quantitative estimate of drug-likeness (QED) is 0.430. The lowest BCUT2D eigenvalue weighted by molar-refractivity contribution is 0.0471. The normalized spacial score (nSPS) is 14.0. The lowest BCUT2D eigenvalue weighted by Crippen LogP contribution is -2.36. The van der Waals surface area contributed by atoms with Crippen LogP contribution in [0.25, 0.3) is 11.0 Å². The minimum atomic E-state index is -0.553. The predicted molar refractivity (Wildman–Crippen MR) is 113 cm³/mol. The summed E-state index contributed by atoms with van der Waals surface area (Å²) in [7, 11) is 0. The number of thiol groups is 1. The van der Waals surface area contributed by atoms with Crippen molar-refractivity contribution in [1.29, 1.82) is 0 Å². The third-order valence-corrected chi connectivity index (χ3v) is 5.34. The highest BCUT2D eigenvalue weighted by molar-refractivity contribution is 7.80. The summed E-state index contributed by atoms with van der Waals surface area (Å²) in [6.07, 6.45) is 2.59. The predicted octanol–water partition coefficient (Wildman–Crippen LogP) is 2.90. The SMILES string of the molecule is O=C(NCC1Oc2ccccc2O1)c1cccc(C(S)c2ncnc3[nH]ncc23)c1. The second-order valence-electron chi connectivity index (χ2n) is 6.74. The van der Waals surface area contributed by atoms with Gasteiger partial charge in [0, 0.05) is 5.56 Å². The molecule has 30 heavy (non-hydrogen) atoms. The number of benzene rings is 2. The fourth-order valence-corrected chi connectivity index (χ4v) is 3.69. The van der Waals surface area contributed by atoms with Crippen LogP contribution in [-0.2, 0) is 0 Å². The largest absolute Gasteiger partial charge is 0.449 e. The number of H-pyrrole nitrogens is 1. The number of para-hydroxylation sites is 2. The Bertz CT molecular complexity index is 1200. The van der Waals surface area contributed by atoms with Crippen molar-refractivity contribution in [3.63, 3.8) is 0 Å². The van der Waals surface area contributed by atoms with Gasteiger partial charge < -0.3 is 14.8 Å². The molecule has 1 unspecified atom stereocenters. The maximum Gasteiger partial charge on any atom is 0.258 e. The van der Waals surface area contributed by atoms with Crippen LogP contribution in [0.3, 0.4) is 0 Å². The highest BCUT2D eigenvalue weighted by atomic mass is 32.1. The summed E-state index contributed by atoms with van der Waals surface area (Å²) in [6.45, 7) is 0.226. The van der Waals surface area contributed by atoms with Gasteiger partial charge in [0.25, 0.3) is 12.2 Å². The number of carbonyl (C=O) groups is 1. The van der Waals surface area contributed by atoms with Crippen molar-refractivity contribution < 1.29 is 14.3 Å². The second kappa shape index (κ2) is 7.68. The van der Waals surface area contributed by atoms with Gasteiger partial charge in [-0.15, -0.1) is 0 Å². The molecule has 0 bridgehead atoms. The summed E-state index contributed by atoms with van der Waals surface area (Å²) in [5.41, 5.74) is 2.72. The minimum Gasteiger partial charge on any atom is -0.449 e. The molecule has 2 aromatic heterocycles. The van der Waals surface area contributed by atoms with Crippen LogP contribution in [0.5, 0.6) is 11.5 Å². The number of rotatable bonds is 5. The molecule has 4 aromatic rings. The van der Waals surface area contributed by atoms with E-state index in [0.29, 0.717) is 22.7 Å². The molecule has 0 saturated carbocycles. The number of hydrogen-bond acceptors (Lipinski definition) is 7. The first kappa shape index (κ1) is 18.4. The molecule has 1 atom stereocenters. The zero-order valence-electron chi connectivity index (χ0n) is 15.6. The van der Waals surface area contributed by atoms with Crippen molar-refractivity contribution in [2.45, 2.75) is 11.5 Å². The van der Waals surface area contributed by atoms with Gasteiger partial charge in [-0.25, -0.2) is 9.97 Å². The van der Waals surface area contributed by atoms with Crippen LogP contribution in [0, 0.1) is 0 Å². The number of ether oxygens (including phenoxy) is 2. The van der Waals surface area contributed by atoms with Crippen molar-refractivity contribution in [1.82, 2.24) is 25.5 Å². The number of carbonyl (C=O) groups excluding carboxylic acids is 1. The first-order valence-electron chi connectivity index (χ1n) is 9.31. The van der Waals surface area contributed by atoms with E-state index < -0.39 is 6.29 Å². The highest BCUT2D eigenvalue weighted by Gasteiger charge is 2.24. The summed E-state index contributed by atoms with van der Waals surface area (Å²) in [6, 6.07) is 14.7. The van der Waals surface area contributed by atoms with Crippen molar-refractivity contribution >= 4 is 29.6 Å². The van der Waals surface area contributed by atoms with Crippen molar-refractivity contribution in [3.8, 4) is 11.5 Å². The van der Waals surface area contributed by atoms with Crippen LogP contribution in [0.1, 0.15) is 26.9 Å². The Hall–Kier alpha value is -3.59. The van der Waals surface area contributed by atoms with Crippen LogP contribution in [-0.4, -0.2) is 38.9 Å². The Morgan fingerprint density at radius 2 is 1.93 bits per heavy atom. The zero-order valence-corrected chi connectivity index (χ0v) is 16.5. The summed E-state index contributed by atoms with van der Waals surface area (Å²) in [5, 5.41) is 10.1. The first-order chi connectivity index (χ1) is 14.7. The molecule has 0 fully saturated rings. The minimum absolute atomic E-state index is 0.225. The van der Waals surface area contributed by atoms with Gasteiger partial charge in [0.15, 0.2) is 17.1 Å². The fourth-order valence-electron chi connectivity index (χ4n) is 3.32. The average molecular weight is 419 g/mol. The number of fused-ring (bicyclic) bond motifs is 2. The summed E-state index contributed by atoms with van der Waals surface area (Å²) in [4.78, 5) is 21.2. The molecular formula is C21H17N5O3S. The topological polar surface area (TPSA) is 102 Å². The summed E-state index contributed by atoms with van der Waals surface area (Å²) in [5.74, 6) is 1.12. The monoisotopic (exact) mass is 419 g/mol. The van der Waals surface area contributed by atoms with Crippen LogP contribution in [0.2, 0.25) is 0 Å². The number of nitrogens with zero attached hydrogens (tertiary/aromatic N) is 3. The molecule has 1 aliphatic rings. The maximum atomic E-state index is 12.7. The molecule has 1 aliphatic heterocycles. The van der Waals surface area contributed by atoms with Gasteiger partial charge in [-0.2, -0.15) is 17.7 Å². The Labute approximate surface area is 177 Å². The third-order valence-electron chi connectivity index (χ3n) is 4.80. The molecule has 1 amide bonds. The third kappa shape index (κ3) is 3.43. The molecule has 0 spiro atoms. The van der Waals surface area contributed by atoms with E-state index in [2.05, 4.69) is 25.5 Å². The number of aromatic amines is 1. The Balaban J connectivity index is 1.29. The molecule has 5 rings (SSSR count). The summed E-state index contributed by atoms with van der Waals surface area (Å²) >= 11 is 4.72. The lowest BCUT2D eigenvalue weighted by atomic mass is 10.0. The van der Waals surface area contributed by atoms with Crippen LogP contribution >= 0.6 is 12.6 Å². The van der Waals surface area contributed by atoms with Gasteiger partial charge in [0.1, 0.15) is 6.33 Å². The standard InChI is InChI=1S/C21H17N5O3S/c27-21(22-10-17-28-15-6-1-2-7-16(15)29-17)13-5-3-4-12(8-13)19(30)18-14-9-25-26-20(14)24-11-23-18/h1-9,11,17,19,30H,10H2,(H,22,27)(H,23,24,25,26). The number of nitrogens with one attached hydrogen (secondary N) is 2. The van der Waals surface area contributed by atoms with Gasteiger partial charge in [-0.05, 0) is 29.8 Å². The lowest BCUT2D eigenvalue weighted by Gasteiger charge is -2.14. The van der Waals surface area contributed by atoms with E-state index in [0.717, 1.165) is 16.6 Å². The molecule has 0 radical (unpaired) electrons. The van der Waals surface area contributed by atoms with Crippen LogP contribution in [0.15, 0.2) is 61.1 Å². The average Bonchev–Trinajstić information content (AvgIpc) is 3.43. The molecular weight excluding hydrogens is 402 g/mol. The number of aromatic nitrogens is 4. The van der Waals surface area contributed by atoms with E-state index >= 15 is 0 Å². The second-order valence-corrected chi connectivity index (χ2v) is 7.26. The first-order valence-corrected chi connectivity index (χ1v) is 9.83. The van der Waals surface area contributed by atoms with E-state index in [4.69, 9.17) is 22.1 Å².